The van der Waals surface area contributed by atoms with Crippen LogP contribution in [0.25, 0.3) is 0 Å². The van der Waals surface area contributed by atoms with E-state index in [1.54, 1.807) is 44.9 Å². The summed E-state index contributed by atoms with van der Waals surface area (Å²) in [5, 5.41) is 19.7. The van der Waals surface area contributed by atoms with Crippen LogP contribution in [0.3, 0.4) is 0 Å². The molecule has 7 unspecified atom stereocenters. The van der Waals surface area contributed by atoms with E-state index in [1.165, 1.54) is 83.7 Å². The fraction of sp³-hybridized carbons (Fsp3) is 1.00. The number of hydrogen-bond acceptors (Lipinski definition) is 5. The van der Waals surface area contributed by atoms with E-state index in [4.69, 9.17) is 21.7 Å². The molecule has 0 aromatic carbocycles. The molecule has 0 heterocycles. The van der Waals surface area contributed by atoms with E-state index in [2.05, 4.69) is 33.0 Å². The molecule has 4 rings (SSSR count). The van der Waals surface area contributed by atoms with E-state index in [0.29, 0.717) is 23.9 Å². The maximum absolute atomic E-state index is 7.99. The van der Waals surface area contributed by atoms with E-state index in [9.17, 15) is 0 Å². The third-order valence-electron chi connectivity index (χ3n) is 12.8. The van der Waals surface area contributed by atoms with Crippen molar-refractivity contribution in [2.45, 2.75) is 156 Å². The van der Waals surface area contributed by atoms with Crippen molar-refractivity contribution >= 4 is 0 Å². The summed E-state index contributed by atoms with van der Waals surface area (Å²) in [5.41, 5.74) is 11.3. The van der Waals surface area contributed by atoms with E-state index < -0.39 is 0 Å². The van der Waals surface area contributed by atoms with Crippen LogP contribution in [-0.2, 0) is 0 Å². The first-order chi connectivity index (χ1) is 20.8. The smallest absolute Gasteiger partial charge is 0.0443 e. The van der Waals surface area contributed by atoms with Gasteiger partial charge >= 0.3 is 0 Å². The number of aliphatic hydroxyl groups is 2. The second kappa shape index (κ2) is 21.6. The van der Waals surface area contributed by atoms with Crippen LogP contribution < -0.4 is 16.8 Å². The predicted molar refractivity (Wildman–Crippen MR) is 186 cm³/mol. The number of fused-ring (bicyclic) bond motifs is 5. The van der Waals surface area contributed by atoms with Crippen molar-refractivity contribution in [1.29, 1.82) is 0 Å². The van der Waals surface area contributed by atoms with Crippen molar-refractivity contribution in [2.24, 2.45) is 57.8 Å². The predicted octanol–water partition coefficient (Wildman–Crippen LogP) is 8.06. The van der Waals surface area contributed by atoms with Gasteiger partial charge in [-0.05, 0) is 156 Å². The number of unbranched alkanes of at least 4 members (excludes halogenated alkanes) is 5. The summed E-state index contributed by atoms with van der Waals surface area (Å²) in [6.07, 6.45) is 28.2. The van der Waals surface area contributed by atoms with Gasteiger partial charge in [0.25, 0.3) is 0 Å². The van der Waals surface area contributed by atoms with Crippen LogP contribution in [0.1, 0.15) is 156 Å². The van der Waals surface area contributed by atoms with Gasteiger partial charge in [-0.1, -0.05) is 72.6 Å². The molecule has 4 saturated carbocycles. The van der Waals surface area contributed by atoms with Crippen LogP contribution in [0, 0.1) is 46.3 Å². The lowest BCUT2D eigenvalue weighted by Crippen LogP contribution is -2.53. The van der Waals surface area contributed by atoms with Gasteiger partial charge in [-0.3, -0.25) is 0 Å². The standard InChI is InChI=1S/C32H59N.2C3H9NO/c1-5-6-7-8-9-12-23-33-24-13-14-25(2)28-18-19-29-27-17-16-26-15-10-11-21-31(26,3)30(27)20-22-32(28,29)4;2*4-2-1-3-5/h25-30,33H,5-24H2,1-4H3;2*5H,1-4H2/t25-,26?,27?,28?,29?,30?,31?,32?;;/m1../s1. The number of hydrogen-bond donors (Lipinski definition) is 5. The molecule has 0 aromatic rings. The highest BCUT2D eigenvalue weighted by atomic mass is 16.3. The number of rotatable bonds is 16. The molecule has 7 N–H and O–H groups in total. The maximum atomic E-state index is 7.99. The molecular weight excluding hydrogens is 530 g/mol. The van der Waals surface area contributed by atoms with E-state index >= 15 is 0 Å². The highest BCUT2D eigenvalue weighted by Gasteiger charge is 2.60. The van der Waals surface area contributed by atoms with Crippen molar-refractivity contribution < 1.29 is 10.2 Å². The minimum absolute atomic E-state index is 0.219. The van der Waals surface area contributed by atoms with Crippen LogP contribution in [0.2, 0.25) is 0 Å². The second-order valence-corrected chi connectivity index (χ2v) is 15.5. The summed E-state index contributed by atoms with van der Waals surface area (Å²) in [5.74, 6) is 6.17. The third kappa shape index (κ3) is 11.5. The Morgan fingerprint density at radius 1 is 0.698 bits per heavy atom. The summed E-state index contributed by atoms with van der Waals surface area (Å²) in [6.45, 7) is 14.5. The van der Waals surface area contributed by atoms with E-state index in [0.717, 1.165) is 48.3 Å². The summed E-state index contributed by atoms with van der Waals surface area (Å²) in [6, 6.07) is 0. The van der Waals surface area contributed by atoms with E-state index in [-0.39, 0.29) is 13.2 Å². The summed E-state index contributed by atoms with van der Waals surface area (Å²) in [4.78, 5) is 0. The van der Waals surface area contributed by atoms with Crippen molar-refractivity contribution in [3.8, 4) is 0 Å². The van der Waals surface area contributed by atoms with Crippen LogP contribution in [-0.4, -0.2) is 49.6 Å². The Labute approximate surface area is 268 Å². The molecule has 5 heteroatoms. The Kier molecular flexibility index (Phi) is 19.6. The van der Waals surface area contributed by atoms with Crippen LogP contribution in [0.5, 0.6) is 0 Å². The molecule has 256 valence electrons. The van der Waals surface area contributed by atoms with Gasteiger partial charge in [0.15, 0.2) is 0 Å². The van der Waals surface area contributed by atoms with Gasteiger partial charge in [0.1, 0.15) is 0 Å². The topological polar surface area (TPSA) is 105 Å². The van der Waals surface area contributed by atoms with Crippen molar-refractivity contribution in [3.63, 3.8) is 0 Å². The Morgan fingerprint density at radius 3 is 2.00 bits per heavy atom. The zero-order chi connectivity index (χ0) is 31.6. The molecule has 0 amide bonds. The van der Waals surface area contributed by atoms with Gasteiger partial charge in [-0.25, -0.2) is 0 Å². The molecule has 0 saturated heterocycles. The largest absolute Gasteiger partial charge is 0.396 e. The molecule has 0 aromatic heterocycles. The molecule has 43 heavy (non-hydrogen) atoms. The highest BCUT2D eigenvalue weighted by molar-refractivity contribution is 5.09. The Morgan fingerprint density at radius 2 is 1.35 bits per heavy atom. The Balaban J connectivity index is 0.000000559. The van der Waals surface area contributed by atoms with Crippen molar-refractivity contribution in [2.75, 3.05) is 39.4 Å². The van der Waals surface area contributed by atoms with E-state index in [1.807, 2.05) is 0 Å². The minimum atomic E-state index is 0.219. The van der Waals surface area contributed by atoms with Crippen LogP contribution in [0.4, 0.5) is 0 Å². The average molecular weight is 608 g/mol. The molecule has 0 spiro atoms. The van der Waals surface area contributed by atoms with Crippen LogP contribution >= 0.6 is 0 Å². The highest BCUT2D eigenvalue weighted by Crippen LogP contribution is 2.68. The molecular formula is C38H77N3O2. The first-order valence-corrected chi connectivity index (χ1v) is 19.2. The van der Waals surface area contributed by atoms with Gasteiger partial charge in [-0.15, -0.1) is 0 Å². The zero-order valence-corrected chi connectivity index (χ0v) is 29.4. The summed E-state index contributed by atoms with van der Waals surface area (Å²) < 4.78 is 0. The molecule has 4 aliphatic rings. The molecule has 0 bridgehead atoms. The lowest BCUT2D eigenvalue weighted by Gasteiger charge is -2.61. The van der Waals surface area contributed by atoms with Crippen molar-refractivity contribution in [3.05, 3.63) is 0 Å². The monoisotopic (exact) mass is 608 g/mol. The fourth-order valence-electron chi connectivity index (χ4n) is 10.4. The normalized spacial score (nSPS) is 33.6. The molecule has 0 radical (unpaired) electrons. The summed E-state index contributed by atoms with van der Waals surface area (Å²) >= 11 is 0. The molecule has 0 aliphatic heterocycles. The van der Waals surface area contributed by atoms with Crippen molar-refractivity contribution in [1.82, 2.24) is 5.32 Å². The Hall–Kier alpha value is -0.200. The molecule has 8 atom stereocenters. The second-order valence-electron chi connectivity index (χ2n) is 15.5. The lowest BCUT2D eigenvalue weighted by molar-refractivity contribution is -0.114. The SMILES string of the molecule is CCCCCCCCNCCC[C@@H](C)C1CCC2C3CCC4CCCCC4(C)C3CCC21C.NCCCO.NCCCO. The first kappa shape index (κ1) is 39.0. The third-order valence-corrected chi connectivity index (χ3v) is 12.8. The maximum Gasteiger partial charge on any atom is 0.0443 e. The molecule has 4 aliphatic carbocycles. The van der Waals surface area contributed by atoms with Gasteiger partial charge in [0.2, 0.25) is 0 Å². The number of nitrogens with one attached hydrogen (secondary N) is 1. The average Bonchev–Trinajstić information content (AvgIpc) is 3.36. The minimum Gasteiger partial charge on any atom is -0.396 e. The van der Waals surface area contributed by atoms with Gasteiger partial charge < -0.3 is 27.0 Å². The lowest BCUT2D eigenvalue weighted by atomic mass is 9.44. The van der Waals surface area contributed by atoms with Gasteiger partial charge in [0.05, 0.1) is 0 Å². The number of aliphatic hydroxyl groups excluding tert-OH is 2. The fourth-order valence-corrected chi connectivity index (χ4v) is 10.4. The number of nitrogens with two attached hydrogens (primary N) is 2. The van der Waals surface area contributed by atoms with Gasteiger partial charge in [0, 0.05) is 13.2 Å². The van der Waals surface area contributed by atoms with Gasteiger partial charge in [-0.2, -0.15) is 0 Å². The zero-order valence-electron chi connectivity index (χ0n) is 29.4. The summed E-state index contributed by atoms with van der Waals surface area (Å²) in [7, 11) is 0. The van der Waals surface area contributed by atoms with Crippen LogP contribution in [0.15, 0.2) is 0 Å². The Bertz CT molecular complexity index is 682. The first-order valence-electron chi connectivity index (χ1n) is 19.2. The molecule has 5 nitrogen and oxygen atoms in total. The quantitative estimate of drug-likeness (QED) is 0.114. The molecule has 4 fully saturated rings.